The van der Waals surface area contributed by atoms with E-state index in [0.717, 1.165) is 10.2 Å². The molecule has 42 heavy (non-hydrogen) atoms. The van der Waals surface area contributed by atoms with Gasteiger partial charge in [0.05, 0.1) is 11.5 Å². The number of alkyl halides is 3. The molecule has 2 aliphatic rings. The number of anilines is 1. The molecule has 222 valence electrons. The summed E-state index contributed by atoms with van der Waals surface area (Å²) in [5.74, 6) is -6.26. The van der Waals surface area contributed by atoms with Gasteiger partial charge in [0.25, 0.3) is 5.91 Å². The van der Waals surface area contributed by atoms with Gasteiger partial charge in [0.1, 0.15) is 23.8 Å². The number of carbonyl (C=O) groups is 3. The highest BCUT2D eigenvalue weighted by Crippen LogP contribution is 2.43. The molecule has 4 heterocycles. The molecule has 2 unspecified atom stereocenters. The average Bonchev–Trinajstić information content (AvgIpc) is 3.74. The van der Waals surface area contributed by atoms with E-state index in [4.69, 9.17) is 15.6 Å². The van der Waals surface area contributed by atoms with Crippen LogP contribution in [-0.4, -0.2) is 81.1 Å². The molecular formula is C27H29F3N8O4. The van der Waals surface area contributed by atoms with Crippen molar-refractivity contribution in [2.75, 3.05) is 31.6 Å². The van der Waals surface area contributed by atoms with Crippen molar-refractivity contribution in [1.82, 2.24) is 24.6 Å². The van der Waals surface area contributed by atoms with Crippen LogP contribution in [0.5, 0.6) is 0 Å². The summed E-state index contributed by atoms with van der Waals surface area (Å²) in [4.78, 5) is 47.6. The quantitative estimate of drug-likeness (QED) is 0.330. The third-order valence-electron chi connectivity index (χ3n) is 7.42. The van der Waals surface area contributed by atoms with Gasteiger partial charge < -0.3 is 20.0 Å². The number of nitrogens with one attached hydrogen (secondary N) is 1. The average molecular weight is 587 g/mol. The number of nitrogen functional groups attached to an aromatic ring is 1. The summed E-state index contributed by atoms with van der Waals surface area (Å²) < 4.78 is 48.9. The molecule has 5 rings (SSSR count). The lowest BCUT2D eigenvalue weighted by Gasteiger charge is -2.22. The van der Waals surface area contributed by atoms with E-state index < -0.39 is 48.2 Å². The lowest BCUT2D eigenvalue weighted by atomic mass is 9.94. The minimum Gasteiger partial charge on any atom is -0.469 e. The van der Waals surface area contributed by atoms with E-state index in [2.05, 4.69) is 10.1 Å². The van der Waals surface area contributed by atoms with Gasteiger partial charge in [-0.2, -0.15) is 22.8 Å². The van der Waals surface area contributed by atoms with Crippen LogP contribution >= 0.6 is 0 Å². The largest absolute Gasteiger partial charge is 0.469 e. The Labute approximate surface area is 238 Å². The Morgan fingerprint density at radius 1 is 1.17 bits per heavy atom. The van der Waals surface area contributed by atoms with Gasteiger partial charge >= 0.3 is 12.2 Å². The summed E-state index contributed by atoms with van der Waals surface area (Å²) in [6.07, 6.45) is -2.25. The molecule has 15 heteroatoms. The molecule has 3 amide bonds. The van der Waals surface area contributed by atoms with Crippen LogP contribution in [0.4, 0.5) is 23.9 Å². The standard InChI is InChI=1S/C27H29F3N8O4/c1-15-11-18(14-42-15)23(39)38-25(35(2)12-16-5-7-17(8-6-16)21(31)32)33-22(34-38)20-19(27(28,29)30)13-37(24(20)40)26(41)36-9-3-4-10-36/h5-8,11,14,19-20H,3-4,9-10,12-13H2,1-2H3,(H3,31,32). The van der Waals surface area contributed by atoms with Gasteiger partial charge in [0, 0.05) is 38.8 Å². The predicted octanol–water partition coefficient (Wildman–Crippen LogP) is 3.11. The number of aryl methyl sites for hydroxylation is 1. The van der Waals surface area contributed by atoms with E-state index in [1.165, 1.54) is 22.1 Å². The van der Waals surface area contributed by atoms with Crippen molar-refractivity contribution in [3.8, 4) is 0 Å². The number of rotatable bonds is 6. The normalized spacial score (nSPS) is 19.0. The minimum atomic E-state index is -4.85. The van der Waals surface area contributed by atoms with Crippen LogP contribution in [0, 0.1) is 18.3 Å². The number of furan rings is 1. The molecule has 1 aromatic carbocycles. The number of amides is 3. The van der Waals surface area contributed by atoms with Gasteiger partial charge in [-0.05, 0) is 31.4 Å². The molecule has 0 bridgehead atoms. The summed E-state index contributed by atoms with van der Waals surface area (Å²) >= 11 is 0. The SMILES string of the molecule is Cc1cc(C(=O)n2nc(C3C(=O)N(C(=O)N4CCCC4)CC3C(F)(F)F)nc2N(C)Cc2ccc(C(=N)N)cc2)co1. The monoisotopic (exact) mass is 586 g/mol. The molecule has 2 atom stereocenters. The molecule has 2 saturated heterocycles. The summed E-state index contributed by atoms with van der Waals surface area (Å²) in [5.41, 5.74) is 6.82. The van der Waals surface area contributed by atoms with E-state index in [1.807, 2.05) is 0 Å². The number of imide groups is 1. The van der Waals surface area contributed by atoms with Crippen molar-refractivity contribution in [2.24, 2.45) is 11.7 Å². The number of benzene rings is 1. The second kappa shape index (κ2) is 10.9. The van der Waals surface area contributed by atoms with Crippen LogP contribution in [0.3, 0.4) is 0 Å². The number of hydrogen-bond acceptors (Lipinski definition) is 8. The smallest absolute Gasteiger partial charge is 0.394 e. The molecule has 2 fully saturated rings. The first-order valence-electron chi connectivity index (χ1n) is 13.2. The molecule has 2 aliphatic heterocycles. The third-order valence-corrected chi connectivity index (χ3v) is 7.42. The van der Waals surface area contributed by atoms with Crippen molar-refractivity contribution in [3.63, 3.8) is 0 Å². The summed E-state index contributed by atoms with van der Waals surface area (Å²) in [6.45, 7) is 1.63. The van der Waals surface area contributed by atoms with E-state index in [-0.39, 0.29) is 23.9 Å². The number of halogens is 3. The van der Waals surface area contributed by atoms with Crippen molar-refractivity contribution in [1.29, 1.82) is 5.41 Å². The first kappa shape index (κ1) is 28.8. The van der Waals surface area contributed by atoms with Crippen molar-refractivity contribution < 1.29 is 32.0 Å². The van der Waals surface area contributed by atoms with E-state index in [0.29, 0.717) is 42.2 Å². The van der Waals surface area contributed by atoms with E-state index >= 15 is 0 Å². The first-order chi connectivity index (χ1) is 19.8. The lowest BCUT2D eigenvalue weighted by molar-refractivity contribution is -0.175. The number of nitrogens with two attached hydrogens (primary N) is 1. The van der Waals surface area contributed by atoms with Crippen LogP contribution in [-0.2, 0) is 11.3 Å². The van der Waals surface area contributed by atoms with Crippen LogP contribution < -0.4 is 10.6 Å². The van der Waals surface area contributed by atoms with Gasteiger partial charge in [0.2, 0.25) is 11.9 Å². The fourth-order valence-corrected chi connectivity index (χ4v) is 5.21. The van der Waals surface area contributed by atoms with Crippen LogP contribution in [0.15, 0.2) is 41.0 Å². The second-order valence-corrected chi connectivity index (χ2v) is 10.5. The molecule has 12 nitrogen and oxygen atoms in total. The lowest BCUT2D eigenvalue weighted by Crippen LogP contribution is -2.43. The maximum Gasteiger partial charge on any atom is 0.394 e. The second-order valence-electron chi connectivity index (χ2n) is 10.5. The Hall–Kier alpha value is -4.69. The van der Waals surface area contributed by atoms with Crippen molar-refractivity contribution in [2.45, 2.75) is 38.4 Å². The maximum absolute atomic E-state index is 14.3. The van der Waals surface area contributed by atoms with Crippen LogP contribution in [0.1, 0.15) is 51.8 Å². The topological polar surface area (TPSA) is 155 Å². The summed E-state index contributed by atoms with van der Waals surface area (Å²) in [6, 6.07) is 7.36. The van der Waals surface area contributed by atoms with Crippen molar-refractivity contribution in [3.05, 3.63) is 64.9 Å². The third kappa shape index (κ3) is 5.45. The highest BCUT2D eigenvalue weighted by Gasteiger charge is 2.58. The fraction of sp³-hybridized carbons (Fsp3) is 0.407. The Bertz CT molecular complexity index is 1520. The number of likely N-dealkylation sites (tertiary alicyclic amines) is 2. The highest BCUT2D eigenvalue weighted by atomic mass is 19.4. The molecule has 2 aromatic heterocycles. The van der Waals surface area contributed by atoms with Gasteiger partial charge in [-0.25, -0.2) is 4.79 Å². The van der Waals surface area contributed by atoms with Crippen LogP contribution in [0.25, 0.3) is 0 Å². The van der Waals surface area contributed by atoms with Gasteiger partial charge in [0.15, 0.2) is 5.82 Å². The fourth-order valence-electron chi connectivity index (χ4n) is 5.21. The molecule has 0 aliphatic carbocycles. The number of hydrogen-bond donors (Lipinski definition) is 2. The molecule has 0 spiro atoms. The van der Waals surface area contributed by atoms with Crippen LogP contribution in [0.2, 0.25) is 0 Å². The van der Waals surface area contributed by atoms with E-state index in [1.54, 1.807) is 38.2 Å². The molecule has 3 aromatic rings. The number of aromatic nitrogens is 3. The number of carbonyl (C=O) groups excluding carboxylic acids is 3. The zero-order chi connectivity index (χ0) is 30.3. The molecule has 0 saturated carbocycles. The van der Waals surface area contributed by atoms with Crippen molar-refractivity contribution >= 4 is 29.6 Å². The van der Waals surface area contributed by atoms with Gasteiger partial charge in [-0.15, -0.1) is 5.10 Å². The first-order valence-corrected chi connectivity index (χ1v) is 13.2. The number of urea groups is 1. The molecule has 3 N–H and O–H groups in total. The zero-order valence-corrected chi connectivity index (χ0v) is 22.9. The Morgan fingerprint density at radius 3 is 2.40 bits per heavy atom. The minimum absolute atomic E-state index is 0.0837. The number of nitrogens with zero attached hydrogens (tertiary/aromatic N) is 6. The van der Waals surface area contributed by atoms with Gasteiger partial charge in [-0.3, -0.25) is 19.9 Å². The number of amidine groups is 1. The summed E-state index contributed by atoms with van der Waals surface area (Å²) in [5, 5.41) is 11.7. The highest BCUT2D eigenvalue weighted by molar-refractivity contribution is 6.00. The summed E-state index contributed by atoms with van der Waals surface area (Å²) in [7, 11) is 1.57. The van der Waals surface area contributed by atoms with Gasteiger partial charge in [-0.1, -0.05) is 24.3 Å². The Balaban J connectivity index is 1.53. The molecule has 0 radical (unpaired) electrons. The zero-order valence-electron chi connectivity index (χ0n) is 22.9. The Morgan fingerprint density at radius 2 is 1.83 bits per heavy atom. The maximum atomic E-state index is 14.3. The molecular weight excluding hydrogens is 557 g/mol. The Kier molecular flexibility index (Phi) is 7.51. The predicted molar refractivity (Wildman–Crippen MR) is 143 cm³/mol. The van der Waals surface area contributed by atoms with E-state index in [9.17, 15) is 27.6 Å².